The minimum absolute atomic E-state index is 0.0592. The summed E-state index contributed by atoms with van der Waals surface area (Å²) in [4.78, 5) is 12.2. The maximum absolute atomic E-state index is 12.2. The lowest BCUT2D eigenvalue weighted by Gasteiger charge is -2.08. The first-order valence-electron chi connectivity index (χ1n) is 6.08. The number of nitrogens with zero attached hydrogens (tertiary/aromatic N) is 1. The molecule has 7 heteroatoms. The molecule has 0 unspecified atom stereocenters. The van der Waals surface area contributed by atoms with E-state index in [4.69, 9.17) is 27.0 Å². The third-order valence-electron chi connectivity index (χ3n) is 2.91. The Balaban J connectivity index is 2.24. The molecule has 2 aromatic rings. The van der Waals surface area contributed by atoms with Crippen molar-refractivity contribution in [1.82, 2.24) is 0 Å². The number of halogens is 1. The zero-order valence-electron chi connectivity index (χ0n) is 11.5. The maximum atomic E-state index is 12.2. The van der Waals surface area contributed by atoms with Gasteiger partial charge in [0, 0.05) is 5.56 Å². The molecule has 1 amide bonds. The predicted octanol–water partition coefficient (Wildman–Crippen LogP) is 2.90. The zero-order valence-corrected chi connectivity index (χ0v) is 12.2. The number of rotatable bonds is 3. The number of benzene rings is 1. The van der Waals surface area contributed by atoms with Crippen molar-refractivity contribution in [2.24, 2.45) is 10.9 Å². The molecule has 0 atom stereocenters. The summed E-state index contributed by atoms with van der Waals surface area (Å²) in [5.41, 5.74) is 6.80. The number of nitrogens with one attached hydrogen (secondary N) is 1. The van der Waals surface area contributed by atoms with Gasteiger partial charge in [-0.3, -0.25) is 4.79 Å². The molecule has 1 aromatic carbocycles. The number of anilines is 1. The Bertz CT molecular complexity index is 722. The highest BCUT2D eigenvalue weighted by Gasteiger charge is 2.15. The van der Waals surface area contributed by atoms with Crippen molar-refractivity contribution in [2.45, 2.75) is 13.8 Å². The van der Waals surface area contributed by atoms with Crippen molar-refractivity contribution in [1.29, 1.82) is 0 Å². The van der Waals surface area contributed by atoms with Crippen molar-refractivity contribution in [3.63, 3.8) is 0 Å². The van der Waals surface area contributed by atoms with Crippen LogP contribution in [0.15, 0.2) is 33.8 Å². The Morgan fingerprint density at radius 1 is 1.38 bits per heavy atom. The van der Waals surface area contributed by atoms with Crippen LogP contribution < -0.4 is 11.1 Å². The van der Waals surface area contributed by atoms with Crippen LogP contribution in [0.25, 0.3) is 0 Å². The molecule has 1 heterocycles. The van der Waals surface area contributed by atoms with E-state index in [1.54, 1.807) is 32.0 Å². The first-order chi connectivity index (χ1) is 9.92. The lowest BCUT2D eigenvalue weighted by molar-refractivity contribution is 0.102. The number of hydrogen-bond acceptors (Lipinski definition) is 4. The van der Waals surface area contributed by atoms with Gasteiger partial charge in [-0.05, 0) is 38.1 Å². The number of furan rings is 1. The Kier molecular flexibility index (Phi) is 4.18. The number of carbonyl (C=O) groups excluding carboxylic acids is 1. The number of carbonyl (C=O) groups is 1. The molecule has 0 saturated carbocycles. The van der Waals surface area contributed by atoms with Gasteiger partial charge in [-0.25, -0.2) is 0 Å². The number of amides is 1. The molecule has 0 fully saturated rings. The molecular weight excluding hydrogens is 294 g/mol. The topological polar surface area (TPSA) is 101 Å². The summed E-state index contributed by atoms with van der Waals surface area (Å²) in [6, 6.07) is 6.32. The third-order valence-corrected chi connectivity index (χ3v) is 3.22. The number of amidine groups is 1. The van der Waals surface area contributed by atoms with Crippen LogP contribution in [-0.2, 0) is 0 Å². The number of oxime groups is 1. The van der Waals surface area contributed by atoms with Crippen LogP contribution in [0.1, 0.15) is 27.4 Å². The highest BCUT2D eigenvalue weighted by Crippen LogP contribution is 2.24. The van der Waals surface area contributed by atoms with Crippen LogP contribution >= 0.6 is 11.6 Å². The summed E-state index contributed by atoms with van der Waals surface area (Å²) < 4.78 is 5.31. The second kappa shape index (κ2) is 5.88. The van der Waals surface area contributed by atoms with Crippen molar-refractivity contribution in [3.8, 4) is 0 Å². The van der Waals surface area contributed by atoms with E-state index >= 15 is 0 Å². The molecule has 0 aliphatic rings. The normalized spacial score (nSPS) is 11.5. The minimum Gasteiger partial charge on any atom is -0.466 e. The van der Waals surface area contributed by atoms with Crippen molar-refractivity contribution >= 4 is 29.0 Å². The summed E-state index contributed by atoms with van der Waals surface area (Å²) >= 11 is 6.08. The van der Waals surface area contributed by atoms with Gasteiger partial charge in [0.25, 0.3) is 5.91 Å². The molecule has 0 saturated heterocycles. The van der Waals surface area contributed by atoms with Gasteiger partial charge in [-0.1, -0.05) is 16.8 Å². The zero-order chi connectivity index (χ0) is 15.6. The van der Waals surface area contributed by atoms with Gasteiger partial charge < -0.3 is 20.7 Å². The van der Waals surface area contributed by atoms with Crippen LogP contribution in [-0.4, -0.2) is 17.0 Å². The number of aryl methyl sites for hydroxylation is 2. The summed E-state index contributed by atoms with van der Waals surface area (Å²) in [7, 11) is 0. The third kappa shape index (κ3) is 3.17. The Hall–Kier alpha value is -2.47. The fourth-order valence-electron chi connectivity index (χ4n) is 1.88. The largest absolute Gasteiger partial charge is 0.466 e. The molecule has 1 aromatic heterocycles. The monoisotopic (exact) mass is 307 g/mol. The van der Waals surface area contributed by atoms with E-state index in [-0.39, 0.29) is 16.8 Å². The lowest BCUT2D eigenvalue weighted by Crippen LogP contribution is -2.15. The molecule has 0 spiro atoms. The molecule has 110 valence electrons. The average molecular weight is 308 g/mol. The van der Waals surface area contributed by atoms with Gasteiger partial charge in [0.2, 0.25) is 0 Å². The van der Waals surface area contributed by atoms with E-state index < -0.39 is 0 Å². The van der Waals surface area contributed by atoms with E-state index in [1.807, 2.05) is 0 Å². The minimum atomic E-state index is -0.317. The second-order valence-corrected chi connectivity index (χ2v) is 4.87. The van der Waals surface area contributed by atoms with Gasteiger partial charge in [-0.15, -0.1) is 0 Å². The lowest BCUT2D eigenvalue weighted by atomic mass is 10.1. The molecule has 0 aliphatic carbocycles. The SMILES string of the molecule is Cc1cc(C(=O)Nc2ccc(/C(N)=N/O)cc2Cl)c(C)o1. The molecule has 0 bridgehead atoms. The van der Waals surface area contributed by atoms with Crippen LogP contribution in [0.3, 0.4) is 0 Å². The molecule has 0 aliphatic heterocycles. The van der Waals surface area contributed by atoms with Crippen LogP contribution in [0, 0.1) is 13.8 Å². The predicted molar refractivity (Wildman–Crippen MR) is 80.1 cm³/mol. The average Bonchev–Trinajstić information content (AvgIpc) is 2.79. The standard InChI is InChI=1S/C14H14ClN3O3/c1-7-5-10(8(2)21-7)14(19)17-12-4-3-9(6-11(12)15)13(16)18-20/h3-6,20H,1-2H3,(H2,16,18)(H,17,19). The first kappa shape index (κ1) is 14.9. The van der Waals surface area contributed by atoms with Gasteiger partial charge in [0.15, 0.2) is 5.84 Å². The van der Waals surface area contributed by atoms with E-state index in [9.17, 15) is 4.79 Å². The van der Waals surface area contributed by atoms with Crippen LogP contribution in [0.2, 0.25) is 5.02 Å². The van der Waals surface area contributed by atoms with Gasteiger partial charge in [0.05, 0.1) is 16.3 Å². The molecule has 0 radical (unpaired) electrons. The number of nitrogens with two attached hydrogens (primary N) is 1. The fraction of sp³-hybridized carbons (Fsp3) is 0.143. The summed E-state index contributed by atoms with van der Waals surface area (Å²) in [6.45, 7) is 3.48. The van der Waals surface area contributed by atoms with Gasteiger partial charge >= 0.3 is 0 Å². The summed E-state index contributed by atoms with van der Waals surface area (Å²) in [6.07, 6.45) is 0. The van der Waals surface area contributed by atoms with Crippen molar-refractivity contribution in [3.05, 3.63) is 51.9 Å². The first-order valence-corrected chi connectivity index (χ1v) is 6.46. The molecule has 21 heavy (non-hydrogen) atoms. The Labute approximate surface area is 126 Å². The van der Waals surface area contributed by atoms with E-state index in [0.717, 1.165) is 0 Å². The summed E-state index contributed by atoms with van der Waals surface area (Å²) in [5, 5.41) is 14.5. The maximum Gasteiger partial charge on any atom is 0.259 e. The molecule has 2 rings (SSSR count). The molecule has 4 N–H and O–H groups in total. The highest BCUT2D eigenvalue weighted by atomic mass is 35.5. The molecule has 6 nitrogen and oxygen atoms in total. The van der Waals surface area contributed by atoms with Gasteiger partial charge in [-0.2, -0.15) is 0 Å². The van der Waals surface area contributed by atoms with E-state index in [0.29, 0.717) is 28.3 Å². The van der Waals surface area contributed by atoms with E-state index in [1.165, 1.54) is 6.07 Å². The Morgan fingerprint density at radius 2 is 2.10 bits per heavy atom. The van der Waals surface area contributed by atoms with Gasteiger partial charge in [0.1, 0.15) is 11.5 Å². The number of hydrogen-bond donors (Lipinski definition) is 3. The van der Waals surface area contributed by atoms with Crippen molar-refractivity contribution < 1.29 is 14.4 Å². The fourth-order valence-corrected chi connectivity index (χ4v) is 2.11. The Morgan fingerprint density at radius 3 is 2.62 bits per heavy atom. The highest BCUT2D eigenvalue weighted by molar-refractivity contribution is 6.34. The van der Waals surface area contributed by atoms with Crippen molar-refractivity contribution in [2.75, 3.05) is 5.32 Å². The quantitative estimate of drug-likeness (QED) is 0.351. The van der Waals surface area contributed by atoms with Crippen LogP contribution in [0.5, 0.6) is 0 Å². The summed E-state index contributed by atoms with van der Waals surface area (Å²) in [5.74, 6) is 0.819. The van der Waals surface area contributed by atoms with E-state index in [2.05, 4.69) is 10.5 Å². The molecular formula is C14H14ClN3O3. The second-order valence-electron chi connectivity index (χ2n) is 4.46. The smallest absolute Gasteiger partial charge is 0.259 e. The van der Waals surface area contributed by atoms with Crippen LogP contribution in [0.4, 0.5) is 5.69 Å².